The number of carboxylic acid groups (broad SMARTS) is 1. The van der Waals surface area contributed by atoms with E-state index in [9.17, 15) is 18.0 Å². The second-order valence-electron chi connectivity index (χ2n) is 4.77. The van der Waals surface area contributed by atoms with Gasteiger partial charge in [-0.2, -0.15) is 5.10 Å². The summed E-state index contributed by atoms with van der Waals surface area (Å²) in [7, 11) is 0. The van der Waals surface area contributed by atoms with Gasteiger partial charge in [0.15, 0.2) is 17.5 Å². The van der Waals surface area contributed by atoms with Crippen LogP contribution in [0.2, 0.25) is 0 Å². The summed E-state index contributed by atoms with van der Waals surface area (Å²) in [6, 6.07) is 1.13. The van der Waals surface area contributed by atoms with E-state index in [1.54, 1.807) is 13.8 Å². The van der Waals surface area contributed by atoms with Crippen molar-refractivity contribution >= 4 is 5.97 Å². The molecule has 0 spiro atoms. The molecule has 1 heterocycles. The first-order valence-electron chi connectivity index (χ1n) is 6.17. The topological polar surface area (TPSA) is 55.1 Å². The number of hydrogen-bond donors (Lipinski definition) is 1. The molecule has 0 aliphatic carbocycles. The number of hydrogen-bond acceptors (Lipinski definition) is 2. The first-order valence-corrected chi connectivity index (χ1v) is 6.17. The van der Waals surface area contributed by atoms with E-state index < -0.39 is 29.3 Å². The van der Waals surface area contributed by atoms with Gasteiger partial charge in [-0.3, -0.25) is 4.79 Å². The second-order valence-corrected chi connectivity index (χ2v) is 4.77. The quantitative estimate of drug-likeness (QED) is 0.886. The Kier molecular flexibility index (Phi) is 3.76. The summed E-state index contributed by atoms with van der Waals surface area (Å²) < 4.78 is 41.2. The number of aryl methyl sites for hydroxylation is 1. The fourth-order valence-electron chi connectivity index (χ4n) is 2.31. The van der Waals surface area contributed by atoms with E-state index in [1.165, 1.54) is 6.92 Å². The van der Waals surface area contributed by atoms with Crippen LogP contribution >= 0.6 is 0 Å². The average Bonchev–Trinajstić information content (AvgIpc) is 2.68. The Bertz CT molecular complexity index is 725. The van der Waals surface area contributed by atoms with Crippen LogP contribution in [0.4, 0.5) is 13.2 Å². The SMILES string of the molecule is Cc1nn(-c2cc(F)c(F)cc2F)c(C)c1C(C)C(=O)O. The van der Waals surface area contributed by atoms with Gasteiger partial charge in [0.2, 0.25) is 0 Å². The number of aromatic nitrogens is 2. The lowest BCUT2D eigenvalue weighted by Gasteiger charge is -2.09. The van der Waals surface area contributed by atoms with Crippen LogP contribution in [0, 0.1) is 31.3 Å². The van der Waals surface area contributed by atoms with E-state index in [0.717, 1.165) is 4.68 Å². The third-order valence-corrected chi connectivity index (χ3v) is 3.37. The summed E-state index contributed by atoms with van der Waals surface area (Å²) in [5.41, 5.74) is 0.920. The number of aliphatic carboxylic acids is 1. The van der Waals surface area contributed by atoms with E-state index in [4.69, 9.17) is 5.11 Å². The highest BCUT2D eigenvalue weighted by Crippen LogP contribution is 2.27. The Morgan fingerprint density at radius 3 is 2.33 bits per heavy atom. The lowest BCUT2D eigenvalue weighted by molar-refractivity contribution is -0.138. The zero-order valence-corrected chi connectivity index (χ0v) is 11.6. The highest BCUT2D eigenvalue weighted by Gasteiger charge is 2.24. The molecule has 0 bridgehead atoms. The summed E-state index contributed by atoms with van der Waals surface area (Å²) in [5, 5.41) is 13.1. The normalized spacial score (nSPS) is 12.5. The van der Waals surface area contributed by atoms with Crippen molar-refractivity contribution in [3.05, 3.63) is 46.5 Å². The largest absolute Gasteiger partial charge is 0.481 e. The molecule has 0 saturated heterocycles. The maximum absolute atomic E-state index is 13.8. The highest BCUT2D eigenvalue weighted by molar-refractivity contribution is 5.76. The zero-order chi connectivity index (χ0) is 15.9. The van der Waals surface area contributed by atoms with E-state index in [2.05, 4.69) is 5.10 Å². The third-order valence-electron chi connectivity index (χ3n) is 3.37. The first kappa shape index (κ1) is 15.1. The first-order chi connectivity index (χ1) is 9.73. The molecule has 2 rings (SSSR count). The Morgan fingerprint density at radius 2 is 1.76 bits per heavy atom. The number of carbonyl (C=O) groups is 1. The number of nitrogens with zero attached hydrogens (tertiary/aromatic N) is 2. The Morgan fingerprint density at radius 1 is 1.19 bits per heavy atom. The van der Waals surface area contributed by atoms with Gasteiger partial charge >= 0.3 is 5.97 Å². The zero-order valence-electron chi connectivity index (χ0n) is 11.6. The van der Waals surface area contributed by atoms with Crippen LogP contribution in [0.25, 0.3) is 5.69 Å². The Balaban J connectivity index is 2.65. The van der Waals surface area contributed by atoms with Crippen LogP contribution in [0.1, 0.15) is 29.8 Å². The summed E-state index contributed by atoms with van der Waals surface area (Å²) in [4.78, 5) is 11.1. The highest BCUT2D eigenvalue weighted by atomic mass is 19.2. The minimum atomic E-state index is -1.29. The van der Waals surface area contributed by atoms with Gasteiger partial charge in [-0.1, -0.05) is 0 Å². The molecule has 0 fully saturated rings. The van der Waals surface area contributed by atoms with Gasteiger partial charge in [-0.15, -0.1) is 0 Å². The summed E-state index contributed by atoms with van der Waals surface area (Å²) in [5.74, 6) is -5.36. The van der Waals surface area contributed by atoms with E-state index in [0.29, 0.717) is 29.1 Å². The van der Waals surface area contributed by atoms with Gasteiger partial charge in [0, 0.05) is 23.4 Å². The predicted molar refractivity (Wildman–Crippen MR) is 69.0 cm³/mol. The van der Waals surface area contributed by atoms with Crippen LogP contribution in [0.15, 0.2) is 12.1 Å². The van der Waals surface area contributed by atoms with Crippen LogP contribution in [-0.2, 0) is 4.79 Å². The summed E-state index contributed by atoms with van der Waals surface area (Å²) in [6.45, 7) is 4.61. The van der Waals surface area contributed by atoms with E-state index in [-0.39, 0.29) is 5.69 Å². The van der Waals surface area contributed by atoms with Crippen molar-refractivity contribution in [3.63, 3.8) is 0 Å². The molecule has 0 aliphatic heterocycles. The number of halogens is 3. The molecule has 4 nitrogen and oxygen atoms in total. The van der Waals surface area contributed by atoms with Crippen LogP contribution in [0.5, 0.6) is 0 Å². The maximum Gasteiger partial charge on any atom is 0.310 e. The van der Waals surface area contributed by atoms with Gasteiger partial charge in [-0.25, -0.2) is 17.9 Å². The molecule has 0 amide bonds. The van der Waals surface area contributed by atoms with E-state index in [1.807, 2.05) is 0 Å². The smallest absolute Gasteiger partial charge is 0.310 e. The van der Waals surface area contributed by atoms with Gasteiger partial charge < -0.3 is 5.11 Å². The minimum absolute atomic E-state index is 0.265. The molecule has 0 aliphatic rings. The number of benzene rings is 1. The van der Waals surface area contributed by atoms with Crippen molar-refractivity contribution in [1.29, 1.82) is 0 Å². The molecule has 112 valence electrons. The molecule has 21 heavy (non-hydrogen) atoms. The Hall–Kier alpha value is -2.31. The van der Waals surface area contributed by atoms with Gasteiger partial charge in [0.05, 0.1) is 11.6 Å². The van der Waals surface area contributed by atoms with Crippen LogP contribution in [-0.4, -0.2) is 20.9 Å². The number of rotatable bonds is 3. The van der Waals surface area contributed by atoms with Gasteiger partial charge in [0.25, 0.3) is 0 Å². The molecule has 0 radical (unpaired) electrons. The van der Waals surface area contributed by atoms with Crippen molar-refractivity contribution in [1.82, 2.24) is 9.78 Å². The number of carboxylic acids is 1. The molecule has 1 aromatic heterocycles. The van der Waals surface area contributed by atoms with Crippen molar-refractivity contribution in [3.8, 4) is 5.69 Å². The predicted octanol–water partition coefficient (Wildman–Crippen LogP) is 3.09. The van der Waals surface area contributed by atoms with Gasteiger partial charge in [-0.05, 0) is 20.8 Å². The van der Waals surface area contributed by atoms with Crippen molar-refractivity contribution < 1.29 is 23.1 Å². The molecule has 1 aromatic carbocycles. The third kappa shape index (κ3) is 2.51. The minimum Gasteiger partial charge on any atom is -0.481 e. The molecular weight excluding hydrogens is 285 g/mol. The molecule has 7 heteroatoms. The van der Waals surface area contributed by atoms with Crippen LogP contribution in [0.3, 0.4) is 0 Å². The van der Waals surface area contributed by atoms with Crippen molar-refractivity contribution in [2.45, 2.75) is 26.7 Å². The maximum atomic E-state index is 13.8. The van der Waals surface area contributed by atoms with Gasteiger partial charge in [0.1, 0.15) is 5.69 Å². The summed E-state index contributed by atoms with van der Waals surface area (Å²) >= 11 is 0. The Labute approximate surface area is 118 Å². The van der Waals surface area contributed by atoms with E-state index >= 15 is 0 Å². The fourth-order valence-corrected chi connectivity index (χ4v) is 2.31. The summed E-state index contributed by atoms with van der Waals surface area (Å²) in [6.07, 6.45) is 0. The van der Waals surface area contributed by atoms with Crippen molar-refractivity contribution in [2.75, 3.05) is 0 Å². The van der Waals surface area contributed by atoms with Crippen LogP contribution < -0.4 is 0 Å². The molecule has 1 unspecified atom stereocenters. The molecule has 2 aromatic rings. The second kappa shape index (κ2) is 5.23. The monoisotopic (exact) mass is 298 g/mol. The average molecular weight is 298 g/mol. The molecule has 1 N–H and O–H groups in total. The molecule has 0 saturated carbocycles. The molecule has 1 atom stereocenters. The fraction of sp³-hybridized carbons (Fsp3) is 0.286. The lowest BCUT2D eigenvalue weighted by atomic mass is 9.99. The van der Waals surface area contributed by atoms with Crippen molar-refractivity contribution in [2.24, 2.45) is 0 Å². The lowest BCUT2D eigenvalue weighted by Crippen LogP contribution is -2.10. The standard InChI is InChI=1S/C14H13F3N2O2/c1-6(14(20)21)13-7(2)18-19(8(13)3)12-5-10(16)9(15)4-11(12)17/h4-6H,1-3H3,(H,20,21). The molecular formula is C14H13F3N2O2.